The molecule has 0 radical (unpaired) electrons. The number of alkyl halides is 1. The molecule has 0 spiro atoms. The van der Waals surface area contributed by atoms with E-state index >= 15 is 0 Å². The summed E-state index contributed by atoms with van der Waals surface area (Å²) < 4.78 is 21.4. The number of ether oxygens (including phenoxy) is 1. The Morgan fingerprint density at radius 2 is 2.00 bits per heavy atom. The van der Waals surface area contributed by atoms with Gasteiger partial charge < -0.3 is 9.30 Å². The minimum Gasteiger partial charge on any atom is -0.376 e. The van der Waals surface area contributed by atoms with Crippen molar-refractivity contribution in [3.63, 3.8) is 0 Å². The Morgan fingerprint density at radius 1 is 1.18 bits per heavy atom. The molecule has 1 aliphatic rings. The Balaban J connectivity index is 1.93. The number of fused-ring (bicyclic) bond motifs is 1. The number of aryl methyl sites for hydroxylation is 2. The Labute approximate surface area is 169 Å². The van der Waals surface area contributed by atoms with Gasteiger partial charge in [0.2, 0.25) is 0 Å². The van der Waals surface area contributed by atoms with E-state index in [1.165, 1.54) is 0 Å². The minimum absolute atomic E-state index is 0.0935. The topological polar surface area (TPSA) is 39.9 Å². The monoisotopic (exact) mass is 399 g/mol. The summed E-state index contributed by atoms with van der Waals surface area (Å²) in [6, 6.07) is 9.72. The van der Waals surface area contributed by atoms with Crippen LogP contribution in [-0.2, 0) is 24.4 Å². The third-order valence-corrected chi connectivity index (χ3v) is 5.51. The van der Waals surface area contributed by atoms with E-state index in [0.29, 0.717) is 12.3 Å². The molecule has 2 aromatic heterocycles. The number of hydrogen-bond acceptors (Lipinski definition) is 3. The highest BCUT2D eigenvalue weighted by Gasteiger charge is 2.24. The average Bonchev–Trinajstić information content (AvgIpc) is 2.90. The lowest BCUT2D eigenvalue weighted by molar-refractivity contribution is 0.0666. The van der Waals surface area contributed by atoms with Crippen LogP contribution in [0.15, 0.2) is 30.3 Å². The van der Waals surface area contributed by atoms with Crippen LogP contribution < -0.4 is 0 Å². The third-order valence-electron chi connectivity index (χ3n) is 5.09. The maximum absolute atomic E-state index is 13.3. The molecule has 3 heterocycles. The second-order valence-electron chi connectivity index (χ2n) is 7.36. The van der Waals surface area contributed by atoms with Gasteiger partial charge in [-0.3, -0.25) is 4.98 Å². The summed E-state index contributed by atoms with van der Waals surface area (Å²) >= 11 is 6.22. The van der Waals surface area contributed by atoms with Crippen molar-refractivity contribution in [2.24, 2.45) is 0 Å². The molecule has 28 heavy (non-hydrogen) atoms. The zero-order valence-electron chi connectivity index (χ0n) is 16.3. The van der Waals surface area contributed by atoms with Gasteiger partial charge >= 0.3 is 0 Å². The number of benzene rings is 1. The van der Waals surface area contributed by atoms with Gasteiger partial charge in [-0.2, -0.15) is 0 Å². The standard InChI is InChI=1S/C22H23ClFN3O/c1-13-8-16(4-5-19(13)23)22-26-21(17-9-14(2)25-18(10-17)11-24)20-6-7-28-15(3)12-27(20)22/h4-5,8-10,15H,6-7,11-12H2,1-3H3/t15-/m1/s1. The van der Waals surface area contributed by atoms with Crippen LogP contribution in [0, 0.1) is 13.8 Å². The zero-order valence-corrected chi connectivity index (χ0v) is 17.1. The van der Waals surface area contributed by atoms with Crippen molar-refractivity contribution in [3.8, 4) is 22.6 Å². The average molecular weight is 400 g/mol. The molecule has 0 amide bonds. The second-order valence-corrected chi connectivity index (χ2v) is 7.77. The SMILES string of the molecule is Cc1cc(-c2nc(-c3ccc(Cl)c(C)c3)n3c2CCO[C@H](C)C3)cc(CF)n1. The normalized spacial score (nSPS) is 16.7. The molecular weight excluding hydrogens is 377 g/mol. The number of nitrogens with zero attached hydrogens (tertiary/aromatic N) is 3. The highest BCUT2D eigenvalue weighted by molar-refractivity contribution is 6.31. The molecule has 0 aliphatic carbocycles. The fourth-order valence-corrected chi connectivity index (χ4v) is 3.90. The molecule has 3 aromatic rings. The van der Waals surface area contributed by atoms with Crippen LogP contribution in [0.2, 0.25) is 5.02 Å². The van der Waals surface area contributed by atoms with Crippen LogP contribution in [0.25, 0.3) is 22.6 Å². The van der Waals surface area contributed by atoms with E-state index in [-0.39, 0.29) is 6.10 Å². The Kier molecular flexibility index (Phi) is 5.21. The van der Waals surface area contributed by atoms with Gasteiger partial charge in [-0.05, 0) is 56.7 Å². The molecule has 4 rings (SSSR count). The van der Waals surface area contributed by atoms with E-state index in [2.05, 4.69) is 22.5 Å². The van der Waals surface area contributed by atoms with Crippen molar-refractivity contribution in [2.75, 3.05) is 6.61 Å². The first-order valence-electron chi connectivity index (χ1n) is 9.47. The predicted octanol–water partition coefficient (Wildman–Crippen LogP) is 5.31. The Bertz CT molecular complexity index is 1030. The van der Waals surface area contributed by atoms with Crippen molar-refractivity contribution in [3.05, 3.63) is 58.0 Å². The summed E-state index contributed by atoms with van der Waals surface area (Å²) in [7, 11) is 0. The summed E-state index contributed by atoms with van der Waals surface area (Å²) in [6.45, 7) is 6.71. The molecule has 0 N–H and O–H groups in total. The highest BCUT2D eigenvalue weighted by atomic mass is 35.5. The quantitative estimate of drug-likeness (QED) is 0.599. The molecular formula is C22H23ClFN3O. The number of rotatable bonds is 3. The maximum Gasteiger partial charge on any atom is 0.140 e. The zero-order chi connectivity index (χ0) is 19.8. The molecule has 0 saturated heterocycles. The van der Waals surface area contributed by atoms with Crippen LogP contribution in [-0.4, -0.2) is 27.2 Å². The number of pyridine rings is 1. The first kappa shape index (κ1) is 19.1. The molecule has 0 fully saturated rings. The first-order valence-corrected chi connectivity index (χ1v) is 9.85. The van der Waals surface area contributed by atoms with Crippen molar-refractivity contribution in [2.45, 2.75) is 46.5 Å². The van der Waals surface area contributed by atoms with Crippen molar-refractivity contribution >= 4 is 11.6 Å². The van der Waals surface area contributed by atoms with Crippen LogP contribution in [0.4, 0.5) is 4.39 Å². The lowest BCUT2D eigenvalue weighted by Gasteiger charge is -2.13. The molecule has 1 atom stereocenters. The van der Waals surface area contributed by atoms with E-state index in [1.54, 1.807) is 6.07 Å². The maximum atomic E-state index is 13.3. The first-order chi connectivity index (χ1) is 13.5. The Morgan fingerprint density at radius 3 is 2.75 bits per heavy atom. The van der Waals surface area contributed by atoms with Gasteiger partial charge in [0.25, 0.3) is 0 Å². The van der Waals surface area contributed by atoms with Gasteiger partial charge in [-0.1, -0.05) is 11.6 Å². The smallest absolute Gasteiger partial charge is 0.140 e. The van der Waals surface area contributed by atoms with Crippen LogP contribution >= 0.6 is 11.6 Å². The van der Waals surface area contributed by atoms with E-state index in [4.69, 9.17) is 21.3 Å². The molecule has 0 unspecified atom stereocenters. The number of aromatic nitrogens is 3. The van der Waals surface area contributed by atoms with E-state index in [0.717, 1.165) is 57.6 Å². The minimum atomic E-state index is -0.589. The van der Waals surface area contributed by atoms with E-state index < -0.39 is 6.67 Å². The molecule has 1 aliphatic heterocycles. The summed E-state index contributed by atoms with van der Waals surface area (Å²) in [4.78, 5) is 9.27. The van der Waals surface area contributed by atoms with Crippen LogP contribution in [0.1, 0.15) is 29.6 Å². The van der Waals surface area contributed by atoms with Gasteiger partial charge in [0.1, 0.15) is 12.5 Å². The Hall–Kier alpha value is -2.24. The molecule has 0 bridgehead atoms. The van der Waals surface area contributed by atoms with Gasteiger partial charge in [0.15, 0.2) is 0 Å². The molecule has 4 nitrogen and oxygen atoms in total. The van der Waals surface area contributed by atoms with Gasteiger partial charge in [0.05, 0.1) is 30.6 Å². The lowest BCUT2D eigenvalue weighted by Crippen LogP contribution is -2.15. The summed E-state index contributed by atoms with van der Waals surface area (Å²) in [5, 5.41) is 0.737. The van der Waals surface area contributed by atoms with Crippen LogP contribution in [0.3, 0.4) is 0 Å². The predicted molar refractivity (Wildman–Crippen MR) is 109 cm³/mol. The van der Waals surface area contributed by atoms with Crippen LogP contribution in [0.5, 0.6) is 0 Å². The fraction of sp³-hybridized carbons (Fsp3) is 0.364. The van der Waals surface area contributed by atoms with Crippen molar-refractivity contribution < 1.29 is 9.13 Å². The summed E-state index contributed by atoms with van der Waals surface area (Å²) in [6.07, 6.45) is 0.849. The van der Waals surface area contributed by atoms with E-state index in [1.807, 2.05) is 32.0 Å². The van der Waals surface area contributed by atoms with Gasteiger partial charge in [-0.15, -0.1) is 0 Å². The fourth-order valence-electron chi connectivity index (χ4n) is 3.78. The summed E-state index contributed by atoms with van der Waals surface area (Å²) in [5.74, 6) is 0.887. The van der Waals surface area contributed by atoms with E-state index in [9.17, 15) is 4.39 Å². The van der Waals surface area contributed by atoms with Crippen molar-refractivity contribution in [1.82, 2.24) is 14.5 Å². The third kappa shape index (κ3) is 3.56. The number of hydrogen-bond donors (Lipinski definition) is 0. The molecule has 0 saturated carbocycles. The number of imidazole rings is 1. The van der Waals surface area contributed by atoms with Crippen molar-refractivity contribution in [1.29, 1.82) is 0 Å². The van der Waals surface area contributed by atoms with Gasteiger partial charge in [0, 0.05) is 34.0 Å². The summed E-state index contributed by atoms with van der Waals surface area (Å²) in [5.41, 5.74) is 6.13. The van der Waals surface area contributed by atoms with Gasteiger partial charge in [-0.25, -0.2) is 9.37 Å². The lowest BCUT2D eigenvalue weighted by atomic mass is 10.1. The number of halogens is 2. The second kappa shape index (κ2) is 7.64. The largest absolute Gasteiger partial charge is 0.376 e. The molecule has 146 valence electrons. The molecule has 1 aromatic carbocycles. The highest BCUT2D eigenvalue weighted by Crippen LogP contribution is 2.33. The molecule has 6 heteroatoms.